The molecule has 4 aromatic rings. The van der Waals surface area contributed by atoms with Crippen LogP contribution in [-0.2, 0) is 9.59 Å². The van der Waals surface area contributed by atoms with Crippen molar-refractivity contribution in [1.29, 1.82) is 0 Å². The van der Waals surface area contributed by atoms with Gasteiger partial charge in [0.25, 0.3) is 17.7 Å². The second-order valence-corrected chi connectivity index (χ2v) is 20.3. The first-order valence-electron chi connectivity index (χ1n) is 23.2. The van der Waals surface area contributed by atoms with Gasteiger partial charge in [-0.25, -0.2) is 9.24 Å². The topological polar surface area (TPSA) is 152 Å². The third kappa shape index (κ3) is 8.37. The fraction of sp³-hybridized carbons (Fsp3) is 0.471. The molecule has 1 saturated carbocycles. The molecule has 4 fully saturated rings. The van der Waals surface area contributed by atoms with Crippen LogP contribution in [0, 0.1) is 29.1 Å². The maximum Gasteiger partial charge on any atom is 0.262 e. The van der Waals surface area contributed by atoms with E-state index in [2.05, 4.69) is 81.9 Å². The summed E-state index contributed by atoms with van der Waals surface area (Å²) in [7, 11) is 4.12. The SMILES string of the molecule is [C-]#[N+]c1ccc(OC2C(C)(C)C(NC(=O)c3ccc(N4CCC(CN5CCN(c6ccc7c(c6)C(=O)N(C6CCC(=O)NC6=O)C7=O)C[C@H]5CN(C)C)CC4)c(F)c3)C2(C)C)c2cccnc12. The first kappa shape index (κ1) is 45.7. The quantitative estimate of drug-likeness (QED) is 0.137. The maximum atomic E-state index is 15.9. The van der Waals surface area contributed by atoms with E-state index < -0.39 is 46.3 Å². The average molecular weight is 912 g/mol. The number of hydrogen-bond donors (Lipinski definition) is 2. The number of ether oxygens (including phenoxy) is 1. The molecule has 3 saturated heterocycles. The van der Waals surface area contributed by atoms with E-state index in [1.165, 1.54) is 6.07 Å². The molecule has 0 radical (unpaired) electrons. The summed E-state index contributed by atoms with van der Waals surface area (Å²) in [5.74, 6) is -1.78. The first-order chi connectivity index (χ1) is 32.0. The Morgan fingerprint density at radius 1 is 0.925 bits per heavy atom. The summed E-state index contributed by atoms with van der Waals surface area (Å²) in [5, 5.41) is 6.21. The highest BCUT2D eigenvalue weighted by Gasteiger charge is 2.64. The third-order valence-corrected chi connectivity index (χ3v) is 14.8. The number of nitrogens with zero attached hydrogens (tertiary/aromatic N) is 7. The summed E-state index contributed by atoms with van der Waals surface area (Å²) in [6, 6.07) is 16.3. The smallest absolute Gasteiger partial charge is 0.262 e. The van der Waals surface area contributed by atoms with Crippen molar-refractivity contribution in [1.82, 2.24) is 30.3 Å². The number of fused-ring (bicyclic) bond motifs is 2. The lowest BCUT2D eigenvalue weighted by Gasteiger charge is -2.63. The molecule has 350 valence electrons. The number of aromatic nitrogens is 1. The van der Waals surface area contributed by atoms with Crippen molar-refractivity contribution in [3.8, 4) is 5.75 Å². The largest absolute Gasteiger partial charge is 0.489 e. The number of imide groups is 2. The molecule has 1 aliphatic carbocycles. The Bertz CT molecular complexity index is 2690. The van der Waals surface area contributed by atoms with Crippen LogP contribution in [0.5, 0.6) is 5.75 Å². The zero-order valence-corrected chi connectivity index (χ0v) is 39.0. The van der Waals surface area contributed by atoms with Gasteiger partial charge >= 0.3 is 0 Å². The Morgan fingerprint density at radius 2 is 1.67 bits per heavy atom. The van der Waals surface area contributed by atoms with Crippen molar-refractivity contribution < 1.29 is 33.1 Å². The number of nitrogens with one attached hydrogen (secondary N) is 2. The number of amides is 5. The second kappa shape index (κ2) is 17.7. The lowest BCUT2D eigenvalue weighted by molar-refractivity contribution is -0.163. The predicted octanol–water partition coefficient (Wildman–Crippen LogP) is 5.91. The molecule has 0 bridgehead atoms. The lowest BCUT2D eigenvalue weighted by Crippen LogP contribution is -2.74. The average Bonchev–Trinajstić information content (AvgIpc) is 3.55. The summed E-state index contributed by atoms with van der Waals surface area (Å²) < 4.78 is 22.6. The van der Waals surface area contributed by atoms with Crippen LogP contribution < -0.4 is 25.2 Å². The number of piperidine rings is 2. The minimum absolute atomic E-state index is 0.0686. The highest BCUT2D eigenvalue weighted by Crippen LogP contribution is 2.56. The minimum Gasteiger partial charge on any atom is -0.489 e. The normalized spacial score (nSPS) is 24.1. The highest BCUT2D eigenvalue weighted by molar-refractivity contribution is 6.23. The van der Waals surface area contributed by atoms with E-state index >= 15 is 4.39 Å². The van der Waals surface area contributed by atoms with Gasteiger partial charge in [-0.2, -0.15) is 0 Å². The Hall–Kier alpha value is -6.44. The van der Waals surface area contributed by atoms with E-state index in [-0.39, 0.29) is 53.6 Å². The Balaban J connectivity index is 0.791. The molecule has 2 atom stereocenters. The van der Waals surface area contributed by atoms with E-state index in [1.807, 2.05) is 24.3 Å². The molecule has 5 heterocycles. The Labute approximate surface area is 390 Å². The number of anilines is 2. The van der Waals surface area contributed by atoms with Crippen LogP contribution in [-0.4, -0.2) is 133 Å². The number of pyridine rings is 1. The van der Waals surface area contributed by atoms with Gasteiger partial charge in [0, 0.05) is 98.0 Å². The number of carbonyl (C=O) groups excluding carboxylic acids is 5. The van der Waals surface area contributed by atoms with Gasteiger partial charge < -0.3 is 24.8 Å². The van der Waals surface area contributed by atoms with Gasteiger partial charge in [-0.1, -0.05) is 33.8 Å². The molecule has 67 heavy (non-hydrogen) atoms. The predicted molar refractivity (Wildman–Crippen MR) is 252 cm³/mol. The standard InChI is InChI=1S/C51H58FN9O6/c1-50(2)48(51(3,4)49(50)67-41-16-13-38(53-5)43-35(41)9-8-20-54-43)56-44(63)31-10-14-39(37(52)25-31)58-21-18-30(19-22-58)27-59-23-24-60(29-33(59)28-57(6)7)32-11-12-34-36(26-32)47(66)61(46(34)65)40-15-17-42(62)55-45(40)64/h8-14,16,20,25-26,30,33,40,48-49H,15,17-19,21-24,27-29H2,1-4,6-7H3,(H,56,63)(H,55,62,64)/t33-,40?,48?,49?/m1/s1. The molecule has 15 nitrogen and oxygen atoms in total. The zero-order valence-electron chi connectivity index (χ0n) is 39.0. The van der Waals surface area contributed by atoms with Crippen molar-refractivity contribution in [2.75, 3.05) is 69.7 Å². The number of carbonyl (C=O) groups is 5. The van der Waals surface area contributed by atoms with Crippen LogP contribution in [0.1, 0.15) is 84.5 Å². The van der Waals surface area contributed by atoms with Crippen LogP contribution >= 0.6 is 0 Å². The maximum absolute atomic E-state index is 15.9. The van der Waals surface area contributed by atoms with Crippen molar-refractivity contribution in [2.45, 2.75) is 77.6 Å². The van der Waals surface area contributed by atoms with Gasteiger partial charge in [0.05, 0.1) is 28.9 Å². The summed E-state index contributed by atoms with van der Waals surface area (Å²) in [6.45, 7) is 21.2. The number of benzene rings is 3. The second-order valence-electron chi connectivity index (χ2n) is 20.3. The van der Waals surface area contributed by atoms with E-state index in [9.17, 15) is 24.0 Å². The summed E-state index contributed by atoms with van der Waals surface area (Å²) in [5.41, 5.74) is 2.26. The van der Waals surface area contributed by atoms with Crippen LogP contribution in [0.25, 0.3) is 15.7 Å². The van der Waals surface area contributed by atoms with Crippen LogP contribution in [0.4, 0.5) is 21.5 Å². The number of piperazine rings is 1. The van der Waals surface area contributed by atoms with Crippen molar-refractivity contribution >= 4 is 57.5 Å². The summed E-state index contributed by atoms with van der Waals surface area (Å²) in [4.78, 5) is 83.0. The van der Waals surface area contributed by atoms with Crippen LogP contribution in [0.3, 0.4) is 0 Å². The molecular weight excluding hydrogens is 854 g/mol. The number of likely N-dealkylation sites (N-methyl/N-ethyl adjacent to an activating group) is 1. The molecule has 9 rings (SSSR count). The van der Waals surface area contributed by atoms with Crippen molar-refractivity contribution in [2.24, 2.45) is 16.7 Å². The van der Waals surface area contributed by atoms with Gasteiger partial charge in [-0.3, -0.25) is 44.1 Å². The molecule has 0 spiro atoms. The van der Waals surface area contributed by atoms with Crippen LogP contribution in [0.15, 0.2) is 66.9 Å². The van der Waals surface area contributed by atoms with Gasteiger partial charge in [-0.05, 0) is 93.9 Å². The highest BCUT2D eigenvalue weighted by atomic mass is 19.1. The Kier molecular flexibility index (Phi) is 12.0. The van der Waals surface area contributed by atoms with E-state index in [0.29, 0.717) is 41.6 Å². The molecule has 5 amide bonds. The lowest BCUT2D eigenvalue weighted by atomic mass is 9.49. The summed E-state index contributed by atoms with van der Waals surface area (Å²) >= 11 is 0. The molecule has 1 aromatic heterocycles. The van der Waals surface area contributed by atoms with E-state index in [1.54, 1.807) is 36.5 Å². The number of hydrogen-bond acceptors (Lipinski definition) is 11. The number of halogens is 1. The minimum atomic E-state index is -1.01. The van der Waals surface area contributed by atoms with Crippen molar-refractivity contribution in [3.05, 3.63) is 101 Å². The molecule has 16 heteroatoms. The van der Waals surface area contributed by atoms with Gasteiger partial charge in [0.1, 0.15) is 23.7 Å². The van der Waals surface area contributed by atoms with Gasteiger partial charge in [-0.15, -0.1) is 0 Å². The molecule has 1 unspecified atom stereocenters. The fourth-order valence-electron chi connectivity index (χ4n) is 11.7. The molecule has 5 aliphatic rings. The van der Waals surface area contributed by atoms with E-state index in [4.69, 9.17) is 11.3 Å². The van der Waals surface area contributed by atoms with Crippen LogP contribution in [0.2, 0.25) is 0 Å². The molecule has 4 aliphatic heterocycles. The first-order valence-corrected chi connectivity index (χ1v) is 23.2. The van der Waals surface area contributed by atoms with Gasteiger partial charge in [0.15, 0.2) is 0 Å². The van der Waals surface area contributed by atoms with Crippen molar-refractivity contribution in [3.63, 3.8) is 0 Å². The number of rotatable bonds is 11. The molecule has 2 N–H and O–H groups in total. The van der Waals surface area contributed by atoms with E-state index in [0.717, 1.165) is 61.5 Å². The third-order valence-electron chi connectivity index (χ3n) is 14.8. The Morgan fingerprint density at radius 3 is 2.37 bits per heavy atom. The monoisotopic (exact) mass is 911 g/mol. The zero-order chi connectivity index (χ0) is 47.5. The molecular formula is C51H58FN9O6. The molecule has 3 aromatic carbocycles. The fourth-order valence-corrected chi connectivity index (χ4v) is 11.7. The summed E-state index contributed by atoms with van der Waals surface area (Å²) in [6.07, 6.45) is 3.37. The van der Waals surface area contributed by atoms with Gasteiger partial charge in [0.2, 0.25) is 17.5 Å².